The van der Waals surface area contributed by atoms with Crippen LogP contribution in [-0.2, 0) is 11.4 Å². The fourth-order valence-electron chi connectivity index (χ4n) is 3.38. The SMILES string of the molecule is COc1cccc(CN(C[C@H]2CC(c3cccc(F)c3)=NO2)C(=O)c2ccco2)c1. The third kappa shape index (κ3) is 4.51. The molecular weight excluding hydrogens is 387 g/mol. The highest BCUT2D eigenvalue weighted by atomic mass is 19.1. The Bertz CT molecular complexity index is 1050. The van der Waals surface area contributed by atoms with Gasteiger partial charge in [0.15, 0.2) is 11.9 Å². The fourth-order valence-corrected chi connectivity index (χ4v) is 3.38. The first-order valence-corrected chi connectivity index (χ1v) is 9.56. The summed E-state index contributed by atoms with van der Waals surface area (Å²) in [5.74, 6) is 0.394. The molecular formula is C23H21FN2O4. The van der Waals surface area contributed by atoms with Crippen molar-refractivity contribution in [2.45, 2.75) is 19.1 Å². The smallest absolute Gasteiger partial charge is 0.289 e. The van der Waals surface area contributed by atoms with Crippen molar-refractivity contribution < 1.29 is 23.2 Å². The molecule has 0 bridgehead atoms. The van der Waals surface area contributed by atoms with Gasteiger partial charge in [-0.05, 0) is 42.0 Å². The van der Waals surface area contributed by atoms with Gasteiger partial charge in [-0.1, -0.05) is 29.4 Å². The Balaban J connectivity index is 1.49. The molecule has 7 heteroatoms. The van der Waals surface area contributed by atoms with E-state index in [4.69, 9.17) is 14.0 Å². The Morgan fingerprint density at radius 3 is 2.83 bits per heavy atom. The molecule has 0 radical (unpaired) electrons. The van der Waals surface area contributed by atoms with Crippen molar-refractivity contribution in [3.05, 3.63) is 89.6 Å². The number of carbonyl (C=O) groups is 1. The Morgan fingerprint density at radius 1 is 1.20 bits per heavy atom. The van der Waals surface area contributed by atoms with Crippen molar-refractivity contribution in [2.24, 2.45) is 5.16 Å². The lowest BCUT2D eigenvalue weighted by Gasteiger charge is -2.24. The summed E-state index contributed by atoms with van der Waals surface area (Å²) in [5, 5.41) is 4.11. The minimum atomic E-state index is -0.340. The molecule has 0 spiro atoms. The third-order valence-electron chi connectivity index (χ3n) is 4.84. The van der Waals surface area contributed by atoms with E-state index < -0.39 is 0 Å². The minimum absolute atomic E-state index is 0.245. The maximum Gasteiger partial charge on any atom is 0.289 e. The second-order valence-corrected chi connectivity index (χ2v) is 6.99. The molecule has 6 nitrogen and oxygen atoms in total. The first-order chi connectivity index (χ1) is 14.6. The first kappa shape index (κ1) is 19.7. The van der Waals surface area contributed by atoms with Gasteiger partial charge in [0.05, 0.1) is 25.6 Å². The number of hydrogen-bond acceptors (Lipinski definition) is 5. The van der Waals surface area contributed by atoms with Gasteiger partial charge in [0.1, 0.15) is 11.6 Å². The quantitative estimate of drug-likeness (QED) is 0.586. The monoisotopic (exact) mass is 408 g/mol. The van der Waals surface area contributed by atoms with E-state index in [9.17, 15) is 9.18 Å². The van der Waals surface area contributed by atoms with E-state index in [0.29, 0.717) is 36.5 Å². The number of rotatable bonds is 7. The average Bonchev–Trinajstić information content (AvgIpc) is 3.45. The van der Waals surface area contributed by atoms with E-state index in [0.717, 1.165) is 5.56 Å². The highest BCUT2D eigenvalue weighted by Crippen LogP contribution is 2.21. The summed E-state index contributed by atoms with van der Waals surface area (Å²) < 4.78 is 24.1. The summed E-state index contributed by atoms with van der Waals surface area (Å²) in [7, 11) is 1.60. The van der Waals surface area contributed by atoms with Gasteiger partial charge in [0.2, 0.25) is 0 Å². The average molecular weight is 408 g/mol. The molecule has 0 aliphatic carbocycles. The molecule has 0 unspecified atom stereocenters. The van der Waals surface area contributed by atoms with Crippen LogP contribution in [0.3, 0.4) is 0 Å². The van der Waals surface area contributed by atoms with Crippen LogP contribution < -0.4 is 4.74 Å². The zero-order chi connectivity index (χ0) is 20.9. The normalized spacial score (nSPS) is 15.4. The van der Waals surface area contributed by atoms with Gasteiger partial charge in [-0.2, -0.15) is 0 Å². The second kappa shape index (κ2) is 8.82. The van der Waals surface area contributed by atoms with E-state index in [1.54, 1.807) is 36.3 Å². The van der Waals surface area contributed by atoms with Crippen LogP contribution in [0.4, 0.5) is 4.39 Å². The Kier molecular flexibility index (Phi) is 5.79. The van der Waals surface area contributed by atoms with Crippen LogP contribution in [0.25, 0.3) is 0 Å². The molecule has 1 aliphatic heterocycles. The van der Waals surface area contributed by atoms with E-state index in [1.165, 1.54) is 18.4 Å². The number of furan rings is 1. The van der Waals surface area contributed by atoms with Crippen molar-refractivity contribution in [1.29, 1.82) is 0 Å². The molecule has 3 aromatic rings. The van der Waals surface area contributed by atoms with Crippen LogP contribution in [-0.4, -0.2) is 36.3 Å². The summed E-state index contributed by atoms with van der Waals surface area (Å²) in [4.78, 5) is 20.2. The first-order valence-electron chi connectivity index (χ1n) is 9.56. The molecule has 0 N–H and O–H groups in total. The van der Waals surface area contributed by atoms with Crippen LogP contribution in [0.1, 0.15) is 28.1 Å². The highest BCUT2D eigenvalue weighted by molar-refractivity contribution is 6.01. The molecule has 1 aromatic heterocycles. The number of nitrogens with zero attached hydrogens (tertiary/aromatic N) is 2. The van der Waals surface area contributed by atoms with Gasteiger partial charge in [-0.25, -0.2) is 4.39 Å². The van der Waals surface area contributed by atoms with Crippen molar-refractivity contribution >= 4 is 11.6 Å². The van der Waals surface area contributed by atoms with Crippen molar-refractivity contribution in [1.82, 2.24) is 4.90 Å². The number of hydrogen-bond donors (Lipinski definition) is 0. The number of benzene rings is 2. The number of amides is 1. The maximum atomic E-state index is 13.5. The van der Waals surface area contributed by atoms with Gasteiger partial charge in [0.25, 0.3) is 5.91 Å². The number of halogens is 1. The summed E-state index contributed by atoms with van der Waals surface area (Å²) in [6.07, 6.45) is 1.60. The van der Waals surface area contributed by atoms with Crippen LogP contribution in [0, 0.1) is 5.82 Å². The lowest BCUT2D eigenvalue weighted by molar-refractivity contribution is 0.0387. The minimum Gasteiger partial charge on any atom is -0.497 e. The molecule has 1 amide bonds. The van der Waals surface area contributed by atoms with Crippen molar-refractivity contribution in [3.8, 4) is 5.75 Å². The summed E-state index contributed by atoms with van der Waals surface area (Å²) >= 11 is 0. The van der Waals surface area contributed by atoms with E-state index in [2.05, 4.69) is 5.16 Å². The Hall–Kier alpha value is -3.61. The Morgan fingerprint density at radius 2 is 2.07 bits per heavy atom. The zero-order valence-electron chi connectivity index (χ0n) is 16.5. The maximum absolute atomic E-state index is 13.5. The molecule has 1 atom stereocenters. The molecule has 30 heavy (non-hydrogen) atoms. The van der Waals surface area contributed by atoms with Gasteiger partial charge in [-0.15, -0.1) is 0 Å². The van der Waals surface area contributed by atoms with E-state index in [1.807, 2.05) is 24.3 Å². The number of methoxy groups -OCH3 is 1. The molecule has 2 heterocycles. The lowest BCUT2D eigenvalue weighted by Crippen LogP contribution is -2.37. The van der Waals surface area contributed by atoms with Gasteiger partial charge < -0.3 is 18.9 Å². The number of ether oxygens (including phenoxy) is 1. The molecule has 1 aliphatic rings. The van der Waals surface area contributed by atoms with Gasteiger partial charge in [0, 0.05) is 18.5 Å². The van der Waals surface area contributed by atoms with Crippen LogP contribution >= 0.6 is 0 Å². The Labute approximate surface area is 173 Å². The number of oxime groups is 1. The summed E-state index contributed by atoms with van der Waals surface area (Å²) in [5.41, 5.74) is 2.25. The molecule has 4 rings (SSSR count). The second-order valence-electron chi connectivity index (χ2n) is 6.99. The van der Waals surface area contributed by atoms with Crippen LogP contribution in [0.15, 0.2) is 76.5 Å². The molecule has 154 valence electrons. The fraction of sp³-hybridized carbons (Fsp3) is 0.217. The van der Waals surface area contributed by atoms with E-state index in [-0.39, 0.29) is 23.6 Å². The predicted octanol–water partition coefficient (Wildman–Crippen LogP) is 4.26. The molecule has 0 saturated carbocycles. The zero-order valence-corrected chi connectivity index (χ0v) is 16.5. The molecule has 2 aromatic carbocycles. The van der Waals surface area contributed by atoms with Crippen LogP contribution in [0.5, 0.6) is 5.75 Å². The lowest BCUT2D eigenvalue weighted by atomic mass is 10.0. The van der Waals surface area contributed by atoms with Gasteiger partial charge >= 0.3 is 0 Å². The largest absolute Gasteiger partial charge is 0.497 e. The highest BCUT2D eigenvalue weighted by Gasteiger charge is 2.28. The van der Waals surface area contributed by atoms with E-state index >= 15 is 0 Å². The van der Waals surface area contributed by atoms with Crippen molar-refractivity contribution in [3.63, 3.8) is 0 Å². The standard InChI is InChI=1S/C23H21FN2O4/c1-28-19-8-2-5-16(11-19)14-26(23(27)22-9-4-10-29-22)15-20-13-21(25-30-20)17-6-3-7-18(24)12-17/h2-12,20H,13-15H2,1H3/t20-/m1/s1. The summed E-state index contributed by atoms with van der Waals surface area (Å²) in [6, 6.07) is 17.1. The van der Waals surface area contributed by atoms with Crippen LogP contribution in [0.2, 0.25) is 0 Å². The third-order valence-corrected chi connectivity index (χ3v) is 4.84. The van der Waals surface area contributed by atoms with Gasteiger partial charge in [-0.3, -0.25) is 4.79 Å². The summed E-state index contributed by atoms with van der Waals surface area (Å²) in [6.45, 7) is 0.658. The number of carbonyl (C=O) groups excluding carboxylic acids is 1. The topological polar surface area (TPSA) is 64.3 Å². The predicted molar refractivity (Wildman–Crippen MR) is 109 cm³/mol. The molecule has 0 fully saturated rings. The molecule has 0 saturated heterocycles. The van der Waals surface area contributed by atoms with Crippen molar-refractivity contribution in [2.75, 3.05) is 13.7 Å².